The van der Waals surface area contributed by atoms with Gasteiger partial charge in [0.2, 0.25) is 5.91 Å². The van der Waals surface area contributed by atoms with E-state index in [-0.39, 0.29) is 11.8 Å². The third-order valence-electron chi connectivity index (χ3n) is 4.31. The zero-order valence-electron chi connectivity index (χ0n) is 16.8. The minimum atomic E-state index is -0.400. The van der Waals surface area contributed by atoms with Crippen molar-refractivity contribution in [2.75, 3.05) is 17.7 Å². The van der Waals surface area contributed by atoms with Crippen LogP contribution in [-0.4, -0.2) is 24.2 Å². The molecule has 0 saturated carbocycles. The lowest BCUT2D eigenvalue weighted by atomic mass is 10.2. The average molecular weight is 475 g/mol. The van der Waals surface area contributed by atoms with E-state index in [0.717, 1.165) is 4.90 Å². The molecule has 1 atom stereocenters. The van der Waals surface area contributed by atoms with Gasteiger partial charge >= 0.3 is 0 Å². The highest BCUT2D eigenvalue weighted by molar-refractivity contribution is 8.00. The molecule has 5 nitrogen and oxygen atoms in total. The molecule has 0 fully saturated rings. The van der Waals surface area contributed by atoms with Crippen molar-refractivity contribution in [2.24, 2.45) is 0 Å². The van der Waals surface area contributed by atoms with Crippen molar-refractivity contribution < 1.29 is 14.3 Å². The highest BCUT2D eigenvalue weighted by Crippen LogP contribution is 2.29. The summed E-state index contributed by atoms with van der Waals surface area (Å²) in [5.74, 6) is 0.245. The number of ether oxygens (including phenoxy) is 1. The van der Waals surface area contributed by atoms with Crippen LogP contribution in [0.5, 0.6) is 5.75 Å². The minimum absolute atomic E-state index is 0.207. The molecular formula is C23H20Cl2N2O3S. The maximum Gasteiger partial charge on any atom is 0.255 e. The molecule has 0 aromatic heterocycles. The van der Waals surface area contributed by atoms with Gasteiger partial charge in [0.05, 0.1) is 23.1 Å². The molecule has 0 aliphatic heterocycles. The average Bonchev–Trinajstić information content (AvgIpc) is 2.76. The second kappa shape index (κ2) is 10.6. The van der Waals surface area contributed by atoms with Crippen LogP contribution >= 0.6 is 35.0 Å². The number of nitrogens with one attached hydrogen (secondary N) is 2. The summed E-state index contributed by atoms with van der Waals surface area (Å²) in [6, 6.07) is 19.1. The van der Waals surface area contributed by atoms with Gasteiger partial charge < -0.3 is 15.4 Å². The Morgan fingerprint density at radius 2 is 1.71 bits per heavy atom. The van der Waals surface area contributed by atoms with Crippen LogP contribution in [0.2, 0.25) is 10.0 Å². The molecular weight excluding hydrogens is 455 g/mol. The van der Waals surface area contributed by atoms with Crippen molar-refractivity contribution >= 4 is 58.2 Å². The highest BCUT2D eigenvalue weighted by atomic mass is 35.5. The molecule has 0 heterocycles. The van der Waals surface area contributed by atoms with Gasteiger partial charge in [-0.2, -0.15) is 0 Å². The molecule has 3 aromatic carbocycles. The van der Waals surface area contributed by atoms with Crippen molar-refractivity contribution in [3.05, 3.63) is 82.3 Å². The van der Waals surface area contributed by atoms with E-state index in [1.165, 1.54) is 11.8 Å². The molecule has 0 aliphatic carbocycles. The fourth-order valence-corrected chi connectivity index (χ4v) is 3.94. The summed E-state index contributed by atoms with van der Waals surface area (Å²) in [5, 5.41) is 6.16. The van der Waals surface area contributed by atoms with E-state index in [1.807, 2.05) is 18.2 Å². The minimum Gasteiger partial charge on any atom is -0.497 e. The van der Waals surface area contributed by atoms with Gasteiger partial charge in [-0.25, -0.2) is 0 Å². The molecule has 3 aromatic rings. The van der Waals surface area contributed by atoms with Gasteiger partial charge in [-0.1, -0.05) is 29.3 Å². The SMILES string of the molecule is COc1ccc(C(=O)Nc2cccc(SC(C)C(=O)Nc3cc(Cl)ccc3Cl)c2)cc1. The summed E-state index contributed by atoms with van der Waals surface area (Å²) in [7, 11) is 1.57. The molecule has 2 N–H and O–H groups in total. The Kier molecular flexibility index (Phi) is 7.85. The molecule has 8 heteroatoms. The Morgan fingerprint density at radius 3 is 2.42 bits per heavy atom. The molecule has 3 rings (SSSR count). The first-order chi connectivity index (χ1) is 14.9. The number of anilines is 2. The third kappa shape index (κ3) is 6.40. The first kappa shape index (κ1) is 23.0. The van der Waals surface area contributed by atoms with E-state index in [9.17, 15) is 9.59 Å². The number of rotatable bonds is 7. The Bertz CT molecular complexity index is 1090. The first-order valence-electron chi connectivity index (χ1n) is 9.34. The van der Waals surface area contributed by atoms with Crippen molar-refractivity contribution in [1.29, 1.82) is 0 Å². The van der Waals surface area contributed by atoms with E-state index < -0.39 is 5.25 Å². The summed E-state index contributed by atoms with van der Waals surface area (Å²) in [5.41, 5.74) is 1.62. The van der Waals surface area contributed by atoms with Crippen molar-refractivity contribution in [3.63, 3.8) is 0 Å². The number of hydrogen-bond donors (Lipinski definition) is 2. The standard InChI is InChI=1S/C23H20Cl2N2O3S/c1-14(22(28)27-21-12-16(24)8-11-20(21)25)31-19-5-3-4-17(13-19)26-23(29)15-6-9-18(30-2)10-7-15/h3-14H,1-2H3,(H,26,29)(H,27,28). The smallest absolute Gasteiger partial charge is 0.255 e. The number of hydrogen-bond acceptors (Lipinski definition) is 4. The van der Waals surface area contributed by atoms with Crippen LogP contribution in [0.4, 0.5) is 11.4 Å². The summed E-state index contributed by atoms with van der Waals surface area (Å²) >= 11 is 13.5. The Morgan fingerprint density at radius 1 is 0.968 bits per heavy atom. The van der Waals surface area contributed by atoms with E-state index in [0.29, 0.717) is 32.7 Å². The van der Waals surface area contributed by atoms with Crippen LogP contribution in [0, 0.1) is 0 Å². The molecule has 0 aliphatic rings. The topological polar surface area (TPSA) is 67.4 Å². The number of benzene rings is 3. The second-order valence-corrected chi connectivity index (χ2v) is 8.84. The van der Waals surface area contributed by atoms with Crippen molar-refractivity contribution in [3.8, 4) is 5.75 Å². The maximum atomic E-state index is 12.6. The third-order valence-corrected chi connectivity index (χ3v) is 5.97. The molecule has 160 valence electrons. The number of methoxy groups -OCH3 is 1. The molecule has 31 heavy (non-hydrogen) atoms. The van der Waals surface area contributed by atoms with Crippen LogP contribution in [0.25, 0.3) is 0 Å². The molecule has 0 spiro atoms. The quantitative estimate of drug-likeness (QED) is 0.390. The first-order valence-corrected chi connectivity index (χ1v) is 11.0. The molecule has 0 saturated heterocycles. The van der Waals surface area contributed by atoms with Gasteiger partial charge in [0.15, 0.2) is 0 Å². The van der Waals surface area contributed by atoms with Crippen LogP contribution in [0.15, 0.2) is 71.6 Å². The Labute approximate surface area is 195 Å². The Balaban J connectivity index is 1.63. The van der Waals surface area contributed by atoms with Gasteiger partial charge in [-0.3, -0.25) is 9.59 Å². The molecule has 0 radical (unpaired) electrons. The molecule has 0 bridgehead atoms. The van der Waals surface area contributed by atoms with Crippen molar-refractivity contribution in [2.45, 2.75) is 17.1 Å². The van der Waals surface area contributed by atoms with E-state index in [1.54, 1.807) is 62.6 Å². The fourth-order valence-electron chi connectivity index (χ4n) is 2.68. The predicted octanol–water partition coefficient (Wildman–Crippen LogP) is 6.37. The second-order valence-electron chi connectivity index (χ2n) is 6.58. The fraction of sp³-hybridized carbons (Fsp3) is 0.130. The van der Waals surface area contributed by atoms with Crippen LogP contribution in [-0.2, 0) is 4.79 Å². The summed E-state index contributed by atoms with van der Waals surface area (Å²) in [6.07, 6.45) is 0. The lowest BCUT2D eigenvalue weighted by Gasteiger charge is -2.14. The number of carbonyl (C=O) groups excluding carboxylic acids is 2. The normalized spacial score (nSPS) is 11.5. The maximum absolute atomic E-state index is 12.6. The lowest BCUT2D eigenvalue weighted by molar-refractivity contribution is -0.115. The van der Waals surface area contributed by atoms with E-state index in [4.69, 9.17) is 27.9 Å². The zero-order chi connectivity index (χ0) is 22.4. The highest BCUT2D eigenvalue weighted by Gasteiger charge is 2.16. The number of carbonyl (C=O) groups is 2. The van der Waals surface area contributed by atoms with Crippen LogP contribution in [0.3, 0.4) is 0 Å². The summed E-state index contributed by atoms with van der Waals surface area (Å²) in [6.45, 7) is 1.79. The van der Waals surface area contributed by atoms with E-state index >= 15 is 0 Å². The largest absolute Gasteiger partial charge is 0.497 e. The van der Waals surface area contributed by atoms with Gasteiger partial charge in [0, 0.05) is 21.2 Å². The number of thioether (sulfide) groups is 1. The van der Waals surface area contributed by atoms with Gasteiger partial charge in [0.25, 0.3) is 5.91 Å². The number of halogens is 2. The van der Waals surface area contributed by atoms with Crippen molar-refractivity contribution in [1.82, 2.24) is 0 Å². The van der Waals surface area contributed by atoms with Crippen LogP contribution < -0.4 is 15.4 Å². The zero-order valence-corrected chi connectivity index (χ0v) is 19.1. The van der Waals surface area contributed by atoms with E-state index in [2.05, 4.69) is 10.6 Å². The van der Waals surface area contributed by atoms with Gasteiger partial charge in [0.1, 0.15) is 5.75 Å². The molecule has 2 amide bonds. The summed E-state index contributed by atoms with van der Waals surface area (Å²) in [4.78, 5) is 25.9. The monoisotopic (exact) mass is 474 g/mol. The lowest BCUT2D eigenvalue weighted by Crippen LogP contribution is -2.22. The number of amides is 2. The summed E-state index contributed by atoms with van der Waals surface area (Å²) < 4.78 is 5.11. The predicted molar refractivity (Wildman–Crippen MR) is 128 cm³/mol. The van der Waals surface area contributed by atoms with Gasteiger partial charge in [-0.15, -0.1) is 11.8 Å². The Hall–Kier alpha value is -2.67. The van der Waals surface area contributed by atoms with Gasteiger partial charge in [-0.05, 0) is 67.6 Å². The van der Waals surface area contributed by atoms with Crippen LogP contribution in [0.1, 0.15) is 17.3 Å². The molecule has 1 unspecified atom stereocenters.